The number of nitrogens with zero attached hydrogens (tertiary/aromatic N) is 2. The molecule has 2 amide bonds. The Labute approximate surface area is 220 Å². The summed E-state index contributed by atoms with van der Waals surface area (Å²) in [5.74, 6) is -0.805. The van der Waals surface area contributed by atoms with Crippen LogP contribution in [-0.2, 0) is 26.2 Å². The van der Waals surface area contributed by atoms with Gasteiger partial charge in [-0.1, -0.05) is 49.6 Å². The monoisotopic (exact) mass is 531 g/mol. The Bertz CT molecular complexity index is 1150. The van der Waals surface area contributed by atoms with Crippen LogP contribution in [0.3, 0.4) is 0 Å². The standard InChI is InChI=1S/C28H38FN3O4S/c1-4-26(28(34)30-24-8-5-6-9-24)31(20-22-13-11-21(2)12-14-22)27(33)10-7-19-32(37(3,35)36)25-17-15-23(29)16-18-25/h11-18,24,26H,4-10,19-20H2,1-3H3,(H,30,34)/t26-/m1/s1. The van der Waals surface area contributed by atoms with Crippen molar-refractivity contribution in [2.75, 3.05) is 17.1 Å². The molecule has 1 fully saturated rings. The van der Waals surface area contributed by atoms with Crippen molar-refractivity contribution in [2.24, 2.45) is 0 Å². The topological polar surface area (TPSA) is 86.8 Å². The Balaban J connectivity index is 1.74. The fraction of sp³-hybridized carbons (Fsp3) is 0.500. The van der Waals surface area contributed by atoms with Gasteiger partial charge in [-0.2, -0.15) is 0 Å². The van der Waals surface area contributed by atoms with Crippen molar-refractivity contribution < 1.29 is 22.4 Å². The largest absolute Gasteiger partial charge is 0.352 e. The van der Waals surface area contributed by atoms with Crippen molar-refractivity contribution in [1.29, 1.82) is 0 Å². The van der Waals surface area contributed by atoms with Gasteiger partial charge < -0.3 is 10.2 Å². The summed E-state index contributed by atoms with van der Waals surface area (Å²) in [6, 6.07) is 12.6. The Morgan fingerprint density at radius 2 is 1.68 bits per heavy atom. The lowest BCUT2D eigenvalue weighted by Crippen LogP contribution is -2.51. The van der Waals surface area contributed by atoms with Gasteiger partial charge in [0.15, 0.2) is 0 Å². The van der Waals surface area contributed by atoms with Crippen LogP contribution >= 0.6 is 0 Å². The van der Waals surface area contributed by atoms with Gasteiger partial charge in [0.25, 0.3) is 0 Å². The van der Waals surface area contributed by atoms with Gasteiger partial charge in [-0.25, -0.2) is 12.8 Å². The van der Waals surface area contributed by atoms with Crippen LogP contribution in [0.4, 0.5) is 10.1 Å². The number of rotatable bonds is 12. The minimum atomic E-state index is -3.63. The third-order valence-electron chi connectivity index (χ3n) is 6.83. The van der Waals surface area contributed by atoms with Crippen molar-refractivity contribution in [3.05, 3.63) is 65.5 Å². The second-order valence-electron chi connectivity index (χ2n) is 9.84. The van der Waals surface area contributed by atoms with E-state index in [2.05, 4.69) is 5.32 Å². The maximum absolute atomic E-state index is 13.5. The summed E-state index contributed by atoms with van der Waals surface area (Å²) >= 11 is 0. The van der Waals surface area contributed by atoms with E-state index >= 15 is 0 Å². The number of benzene rings is 2. The summed E-state index contributed by atoms with van der Waals surface area (Å²) in [6.07, 6.45) is 6.00. The zero-order valence-corrected chi connectivity index (χ0v) is 22.8. The Morgan fingerprint density at radius 1 is 1.05 bits per heavy atom. The first kappa shape index (κ1) is 28.6. The Morgan fingerprint density at radius 3 is 2.24 bits per heavy atom. The molecular formula is C28H38FN3O4S. The SMILES string of the molecule is CC[C@H](C(=O)NC1CCCC1)N(Cc1ccc(C)cc1)C(=O)CCCN(c1ccc(F)cc1)S(C)(=O)=O. The molecule has 37 heavy (non-hydrogen) atoms. The quantitative estimate of drug-likeness (QED) is 0.436. The zero-order chi connectivity index (χ0) is 27.0. The number of aryl methyl sites for hydroxylation is 1. The van der Waals surface area contributed by atoms with Crippen molar-refractivity contribution >= 4 is 27.5 Å². The molecule has 1 aliphatic carbocycles. The van der Waals surface area contributed by atoms with Gasteiger partial charge in [0.2, 0.25) is 21.8 Å². The zero-order valence-electron chi connectivity index (χ0n) is 22.0. The average Bonchev–Trinajstić information content (AvgIpc) is 3.36. The van der Waals surface area contributed by atoms with Crippen LogP contribution in [0.2, 0.25) is 0 Å². The molecule has 0 aromatic heterocycles. The molecule has 0 spiro atoms. The molecule has 0 aliphatic heterocycles. The summed E-state index contributed by atoms with van der Waals surface area (Å²) in [5, 5.41) is 3.13. The van der Waals surface area contributed by atoms with Crippen molar-refractivity contribution in [1.82, 2.24) is 10.2 Å². The first-order valence-corrected chi connectivity index (χ1v) is 14.8. The number of carbonyl (C=O) groups is 2. The fourth-order valence-electron chi connectivity index (χ4n) is 4.79. The molecular weight excluding hydrogens is 493 g/mol. The van der Waals surface area contributed by atoms with Crippen molar-refractivity contribution in [3.63, 3.8) is 0 Å². The van der Waals surface area contributed by atoms with Crippen molar-refractivity contribution in [3.8, 4) is 0 Å². The maximum Gasteiger partial charge on any atom is 0.243 e. The van der Waals surface area contributed by atoms with Crippen LogP contribution in [0.15, 0.2) is 48.5 Å². The Kier molecular flexibility index (Phi) is 10.1. The molecule has 1 saturated carbocycles. The van der Waals surface area contributed by atoms with Crippen LogP contribution in [0, 0.1) is 12.7 Å². The van der Waals surface area contributed by atoms with Crippen LogP contribution < -0.4 is 9.62 Å². The van der Waals surface area contributed by atoms with E-state index in [4.69, 9.17) is 0 Å². The summed E-state index contributed by atoms with van der Waals surface area (Å²) in [5.41, 5.74) is 2.37. The number of carbonyl (C=O) groups excluding carboxylic acids is 2. The molecule has 0 heterocycles. The summed E-state index contributed by atoms with van der Waals surface area (Å²) < 4.78 is 39.3. The molecule has 0 bridgehead atoms. The molecule has 2 aromatic rings. The summed E-state index contributed by atoms with van der Waals surface area (Å²) in [6.45, 7) is 4.25. The van der Waals surface area contributed by atoms with E-state index in [1.807, 2.05) is 38.1 Å². The molecule has 0 unspecified atom stereocenters. The number of sulfonamides is 1. The lowest BCUT2D eigenvalue weighted by atomic mass is 10.1. The normalized spacial score (nSPS) is 14.8. The molecule has 0 saturated heterocycles. The fourth-order valence-corrected chi connectivity index (χ4v) is 5.75. The molecule has 7 nitrogen and oxygen atoms in total. The summed E-state index contributed by atoms with van der Waals surface area (Å²) in [7, 11) is -3.63. The van der Waals surface area contributed by atoms with E-state index in [0.717, 1.165) is 43.1 Å². The van der Waals surface area contributed by atoms with Gasteiger partial charge in [0, 0.05) is 25.6 Å². The molecule has 3 rings (SSSR count). The van der Waals surface area contributed by atoms with Crippen molar-refractivity contribution in [2.45, 2.75) is 77.4 Å². The highest BCUT2D eigenvalue weighted by Crippen LogP contribution is 2.21. The van der Waals surface area contributed by atoms with Gasteiger partial charge in [0.1, 0.15) is 11.9 Å². The molecule has 1 N–H and O–H groups in total. The van der Waals surface area contributed by atoms with E-state index in [-0.39, 0.29) is 37.2 Å². The Hall–Kier alpha value is -2.94. The number of anilines is 1. The predicted molar refractivity (Wildman–Crippen MR) is 144 cm³/mol. The van der Waals surface area contributed by atoms with Gasteiger partial charge in [0.05, 0.1) is 11.9 Å². The first-order valence-electron chi connectivity index (χ1n) is 13.0. The number of hydrogen-bond acceptors (Lipinski definition) is 4. The smallest absolute Gasteiger partial charge is 0.243 e. The second-order valence-corrected chi connectivity index (χ2v) is 11.7. The minimum absolute atomic E-state index is 0.0691. The molecule has 1 atom stereocenters. The highest BCUT2D eigenvalue weighted by Gasteiger charge is 2.30. The average molecular weight is 532 g/mol. The van der Waals surface area contributed by atoms with E-state index in [9.17, 15) is 22.4 Å². The van der Waals surface area contributed by atoms with Crippen LogP contribution in [0.25, 0.3) is 0 Å². The predicted octanol–water partition coefficient (Wildman–Crippen LogP) is 4.55. The van der Waals surface area contributed by atoms with Crippen LogP contribution in [0.1, 0.15) is 63.0 Å². The molecule has 1 aliphatic rings. The highest BCUT2D eigenvalue weighted by atomic mass is 32.2. The summed E-state index contributed by atoms with van der Waals surface area (Å²) in [4.78, 5) is 28.3. The van der Waals surface area contributed by atoms with Crippen LogP contribution in [-0.4, -0.2) is 50.0 Å². The molecule has 0 radical (unpaired) electrons. The second kappa shape index (κ2) is 13.0. The highest BCUT2D eigenvalue weighted by molar-refractivity contribution is 7.92. The van der Waals surface area contributed by atoms with E-state index < -0.39 is 21.9 Å². The number of halogens is 1. The molecule has 202 valence electrons. The van der Waals surface area contributed by atoms with Gasteiger partial charge in [-0.3, -0.25) is 13.9 Å². The number of nitrogens with one attached hydrogen (secondary N) is 1. The van der Waals surface area contributed by atoms with Gasteiger partial charge >= 0.3 is 0 Å². The van der Waals surface area contributed by atoms with E-state index in [1.54, 1.807) is 4.90 Å². The molecule has 2 aromatic carbocycles. The number of amides is 2. The molecule has 9 heteroatoms. The van der Waals surface area contributed by atoms with Gasteiger partial charge in [-0.05, 0) is 62.4 Å². The minimum Gasteiger partial charge on any atom is -0.352 e. The van der Waals surface area contributed by atoms with E-state index in [1.165, 1.54) is 28.6 Å². The van der Waals surface area contributed by atoms with Crippen LogP contribution in [0.5, 0.6) is 0 Å². The lowest BCUT2D eigenvalue weighted by molar-refractivity contribution is -0.141. The third kappa shape index (κ3) is 8.28. The maximum atomic E-state index is 13.5. The third-order valence-corrected chi connectivity index (χ3v) is 8.02. The van der Waals surface area contributed by atoms with E-state index in [0.29, 0.717) is 18.7 Å². The lowest BCUT2D eigenvalue weighted by Gasteiger charge is -2.32. The van der Waals surface area contributed by atoms with Gasteiger partial charge in [-0.15, -0.1) is 0 Å². The number of hydrogen-bond donors (Lipinski definition) is 1. The first-order chi connectivity index (χ1) is 17.6.